The van der Waals surface area contributed by atoms with E-state index in [1.165, 1.54) is 6.08 Å². The van der Waals surface area contributed by atoms with Gasteiger partial charge >= 0.3 is 5.97 Å². The van der Waals surface area contributed by atoms with Crippen molar-refractivity contribution in [2.45, 2.75) is 13.5 Å². The summed E-state index contributed by atoms with van der Waals surface area (Å²) >= 11 is 0. The monoisotopic (exact) mass is 224 g/mol. The van der Waals surface area contributed by atoms with E-state index in [-0.39, 0.29) is 5.97 Å². The van der Waals surface area contributed by atoms with E-state index in [4.69, 9.17) is 4.74 Å². The molecule has 1 heterocycles. The average Bonchev–Trinajstić information content (AvgIpc) is 2.64. The molecule has 0 fully saturated rings. The van der Waals surface area contributed by atoms with Crippen molar-refractivity contribution in [3.05, 3.63) is 24.3 Å². The lowest BCUT2D eigenvalue weighted by Crippen LogP contribution is -2.16. The van der Waals surface area contributed by atoms with Crippen LogP contribution in [0.1, 0.15) is 12.7 Å². The highest BCUT2D eigenvalue weighted by molar-refractivity contribution is 5.81. The Morgan fingerprint density at radius 1 is 1.69 bits per heavy atom. The minimum Gasteiger partial charge on any atom is -0.463 e. The number of aromatic nitrogens is 3. The summed E-state index contributed by atoms with van der Waals surface area (Å²) in [7, 11) is 1.88. The topological polar surface area (TPSA) is 69.0 Å². The van der Waals surface area contributed by atoms with Crippen LogP contribution in [0, 0.1) is 0 Å². The van der Waals surface area contributed by atoms with Gasteiger partial charge in [0.25, 0.3) is 0 Å². The highest BCUT2D eigenvalue weighted by atomic mass is 16.5. The molecule has 0 saturated heterocycles. The standard InChI is InChI=1S/C10H16N4O2/c1-3-16-10(15)5-4-6-11-7-9-13-12-8-14(9)2/h4-5,8,11H,3,6-7H2,1-2H3/b5-4+. The Balaban J connectivity index is 2.17. The molecule has 0 radical (unpaired) electrons. The van der Waals surface area contributed by atoms with Crippen LogP contribution in [0.5, 0.6) is 0 Å². The molecule has 0 spiro atoms. The zero-order valence-corrected chi connectivity index (χ0v) is 9.51. The van der Waals surface area contributed by atoms with Crippen molar-refractivity contribution in [1.82, 2.24) is 20.1 Å². The summed E-state index contributed by atoms with van der Waals surface area (Å²) in [6, 6.07) is 0. The number of carbonyl (C=O) groups is 1. The van der Waals surface area contributed by atoms with Crippen LogP contribution in [0.3, 0.4) is 0 Å². The Morgan fingerprint density at radius 2 is 2.50 bits per heavy atom. The number of esters is 1. The molecule has 6 heteroatoms. The van der Waals surface area contributed by atoms with Gasteiger partial charge in [-0.25, -0.2) is 4.79 Å². The molecule has 0 saturated carbocycles. The van der Waals surface area contributed by atoms with Crippen LogP contribution in [-0.4, -0.2) is 33.9 Å². The molecule has 6 nitrogen and oxygen atoms in total. The maximum atomic E-state index is 10.9. The summed E-state index contributed by atoms with van der Waals surface area (Å²) in [5.74, 6) is 0.535. The highest BCUT2D eigenvalue weighted by Crippen LogP contribution is 1.89. The lowest BCUT2D eigenvalue weighted by atomic mass is 10.4. The fourth-order valence-electron chi connectivity index (χ4n) is 1.08. The first-order valence-electron chi connectivity index (χ1n) is 5.11. The molecule has 88 valence electrons. The van der Waals surface area contributed by atoms with Gasteiger partial charge in [-0.3, -0.25) is 0 Å². The quantitative estimate of drug-likeness (QED) is 0.419. The lowest BCUT2D eigenvalue weighted by molar-refractivity contribution is -0.137. The molecule has 0 bridgehead atoms. The second-order valence-electron chi connectivity index (χ2n) is 3.14. The number of nitrogens with zero attached hydrogens (tertiary/aromatic N) is 3. The number of hydrogen-bond acceptors (Lipinski definition) is 5. The largest absolute Gasteiger partial charge is 0.463 e. The van der Waals surface area contributed by atoms with Gasteiger partial charge in [-0.15, -0.1) is 10.2 Å². The minimum atomic E-state index is -0.317. The van der Waals surface area contributed by atoms with Gasteiger partial charge in [-0.1, -0.05) is 6.08 Å². The Bertz CT molecular complexity index is 359. The first-order chi connectivity index (χ1) is 7.74. The Hall–Kier alpha value is -1.69. The van der Waals surface area contributed by atoms with Crippen LogP contribution in [-0.2, 0) is 23.1 Å². The second kappa shape index (κ2) is 6.73. The van der Waals surface area contributed by atoms with Crippen molar-refractivity contribution in [3.63, 3.8) is 0 Å². The van der Waals surface area contributed by atoms with E-state index < -0.39 is 0 Å². The van der Waals surface area contributed by atoms with E-state index in [1.807, 2.05) is 11.6 Å². The van der Waals surface area contributed by atoms with Gasteiger partial charge in [0.1, 0.15) is 12.2 Å². The van der Waals surface area contributed by atoms with Gasteiger partial charge in [0.2, 0.25) is 0 Å². The molecular formula is C10H16N4O2. The van der Waals surface area contributed by atoms with Crippen LogP contribution < -0.4 is 5.32 Å². The summed E-state index contributed by atoms with van der Waals surface area (Å²) in [6.07, 6.45) is 4.77. The fraction of sp³-hybridized carbons (Fsp3) is 0.500. The zero-order chi connectivity index (χ0) is 11.8. The lowest BCUT2D eigenvalue weighted by Gasteiger charge is -2.00. The van der Waals surface area contributed by atoms with Crippen LogP contribution >= 0.6 is 0 Å². The van der Waals surface area contributed by atoms with Crippen molar-refractivity contribution < 1.29 is 9.53 Å². The molecule has 0 atom stereocenters. The van der Waals surface area contributed by atoms with E-state index >= 15 is 0 Å². The molecular weight excluding hydrogens is 208 g/mol. The van der Waals surface area contributed by atoms with Crippen molar-refractivity contribution in [2.75, 3.05) is 13.2 Å². The predicted molar refractivity (Wildman–Crippen MR) is 58.5 cm³/mol. The third-order valence-corrected chi connectivity index (χ3v) is 1.89. The maximum Gasteiger partial charge on any atom is 0.330 e. The molecule has 0 unspecified atom stereocenters. The van der Waals surface area contributed by atoms with Crippen molar-refractivity contribution >= 4 is 5.97 Å². The average molecular weight is 224 g/mol. The summed E-state index contributed by atoms with van der Waals surface area (Å²) < 4.78 is 6.57. The number of rotatable bonds is 6. The third-order valence-electron chi connectivity index (χ3n) is 1.89. The molecule has 0 amide bonds. The van der Waals surface area contributed by atoms with Gasteiger partial charge in [0.05, 0.1) is 13.2 Å². The van der Waals surface area contributed by atoms with Gasteiger partial charge in [0, 0.05) is 19.7 Å². The normalized spacial score (nSPS) is 10.9. The van der Waals surface area contributed by atoms with Crippen molar-refractivity contribution in [2.24, 2.45) is 7.05 Å². The summed E-state index contributed by atoms with van der Waals surface area (Å²) in [6.45, 7) is 3.38. The summed E-state index contributed by atoms with van der Waals surface area (Å²) in [5.41, 5.74) is 0. The van der Waals surface area contributed by atoms with Crippen molar-refractivity contribution in [1.29, 1.82) is 0 Å². The van der Waals surface area contributed by atoms with E-state index in [0.29, 0.717) is 19.7 Å². The number of ether oxygens (including phenoxy) is 1. The Morgan fingerprint density at radius 3 is 3.12 bits per heavy atom. The number of hydrogen-bond donors (Lipinski definition) is 1. The van der Waals surface area contributed by atoms with E-state index in [2.05, 4.69) is 15.5 Å². The Labute approximate surface area is 94.3 Å². The third kappa shape index (κ3) is 4.22. The molecule has 1 N–H and O–H groups in total. The fourth-order valence-corrected chi connectivity index (χ4v) is 1.08. The van der Waals surface area contributed by atoms with E-state index in [1.54, 1.807) is 19.3 Å². The van der Waals surface area contributed by atoms with Gasteiger partial charge in [-0.2, -0.15) is 0 Å². The molecule has 1 aromatic rings. The first-order valence-corrected chi connectivity index (χ1v) is 5.11. The van der Waals surface area contributed by atoms with Crippen LogP contribution in [0.15, 0.2) is 18.5 Å². The summed E-state index contributed by atoms with van der Waals surface area (Å²) in [5, 5.41) is 10.8. The number of nitrogens with one attached hydrogen (secondary N) is 1. The van der Waals surface area contributed by atoms with Crippen molar-refractivity contribution in [3.8, 4) is 0 Å². The van der Waals surface area contributed by atoms with Gasteiger partial charge in [0.15, 0.2) is 0 Å². The molecule has 1 aromatic heterocycles. The molecule has 0 aromatic carbocycles. The molecule has 1 rings (SSSR count). The second-order valence-corrected chi connectivity index (χ2v) is 3.14. The van der Waals surface area contributed by atoms with Crippen LogP contribution in [0.25, 0.3) is 0 Å². The first kappa shape index (κ1) is 12.4. The summed E-state index contributed by atoms with van der Waals surface area (Å²) in [4.78, 5) is 10.9. The molecule has 0 aliphatic heterocycles. The van der Waals surface area contributed by atoms with Crippen LogP contribution in [0.4, 0.5) is 0 Å². The maximum absolute atomic E-state index is 10.9. The Kier molecular flexibility index (Phi) is 5.21. The number of carbonyl (C=O) groups excluding carboxylic acids is 1. The molecule has 0 aliphatic rings. The predicted octanol–water partition coefficient (Wildman–Crippen LogP) is 0.0240. The SMILES string of the molecule is CCOC(=O)/C=C/CNCc1nncn1C. The molecule has 0 aliphatic carbocycles. The van der Waals surface area contributed by atoms with Gasteiger partial charge in [-0.05, 0) is 6.92 Å². The van der Waals surface area contributed by atoms with E-state index in [9.17, 15) is 4.79 Å². The molecule has 16 heavy (non-hydrogen) atoms. The minimum absolute atomic E-state index is 0.317. The van der Waals surface area contributed by atoms with Crippen LogP contribution in [0.2, 0.25) is 0 Å². The zero-order valence-electron chi connectivity index (χ0n) is 9.51. The highest BCUT2D eigenvalue weighted by Gasteiger charge is 1.98. The van der Waals surface area contributed by atoms with Gasteiger partial charge < -0.3 is 14.6 Å². The van der Waals surface area contributed by atoms with E-state index in [0.717, 1.165) is 5.82 Å². The smallest absolute Gasteiger partial charge is 0.330 e. The number of aryl methyl sites for hydroxylation is 1.